The SMILES string of the molecule is O=C(Cc1ccccc1F)N1CCN(C(=O)C(F)(F)F)CC1. The van der Waals surface area contributed by atoms with Crippen LogP contribution in [-0.4, -0.2) is 54.0 Å². The Morgan fingerprint density at radius 2 is 1.55 bits per heavy atom. The molecule has 1 fully saturated rings. The number of alkyl halides is 3. The number of piperazine rings is 1. The third-order valence-electron chi connectivity index (χ3n) is 3.46. The molecule has 4 nitrogen and oxygen atoms in total. The van der Waals surface area contributed by atoms with Crippen molar-refractivity contribution in [3.05, 3.63) is 35.6 Å². The molecule has 0 spiro atoms. The molecule has 0 atom stereocenters. The lowest BCUT2D eigenvalue weighted by molar-refractivity contribution is -0.187. The average Bonchev–Trinajstić information content (AvgIpc) is 2.48. The summed E-state index contributed by atoms with van der Waals surface area (Å²) in [7, 11) is 0. The Balaban J connectivity index is 1.90. The van der Waals surface area contributed by atoms with E-state index in [9.17, 15) is 27.2 Å². The van der Waals surface area contributed by atoms with Gasteiger partial charge in [0.2, 0.25) is 5.91 Å². The molecular weight excluding hydrogens is 304 g/mol. The van der Waals surface area contributed by atoms with Crippen LogP contribution in [0, 0.1) is 5.82 Å². The fourth-order valence-corrected chi connectivity index (χ4v) is 2.25. The molecule has 8 heteroatoms. The molecule has 2 rings (SSSR count). The smallest absolute Gasteiger partial charge is 0.339 e. The number of hydrogen-bond donors (Lipinski definition) is 0. The Kier molecular flexibility index (Phi) is 4.68. The van der Waals surface area contributed by atoms with Crippen molar-refractivity contribution in [2.24, 2.45) is 0 Å². The number of amides is 2. The second-order valence-electron chi connectivity index (χ2n) is 4.94. The van der Waals surface area contributed by atoms with Crippen LogP contribution >= 0.6 is 0 Å². The van der Waals surface area contributed by atoms with Crippen molar-refractivity contribution in [3.8, 4) is 0 Å². The van der Waals surface area contributed by atoms with Gasteiger partial charge in [-0.15, -0.1) is 0 Å². The molecule has 1 aliphatic heterocycles. The maximum absolute atomic E-state index is 13.5. The molecule has 0 aromatic heterocycles. The van der Waals surface area contributed by atoms with Crippen LogP contribution in [-0.2, 0) is 16.0 Å². The van der Waals surface area contributed by atoms with Crippen molar-refractivity contribution >= 4 is 11.8 Å². The zero-order chi connectivity index (χ0) is 16.3. The van der Waals surface area contributed by atoms with Crippen LogP contribution < -0.4 is 0 Å². The first-order valence-electron chi connectivity index (χ1n) is 6.66. The summed E-state index contributed by atoms with van der Waals surface area (Å²) in [6.45, 7) is -0.340. The molecule has 1 saturated heterocycles. The van der Waals surface area contributed by atoms with Gasteiger partial charge in [0.25, 0.3) is 0 Å². The number of hydrogen-bond acceptors (Lipinski definition) is 2. The predicted octanol–water partition coefficient (Wildman–Crippen LogP) is 1.60. The van der Waals surface area contributed by atoms with Crippen LogP contribution in [0.3, 0.4) is 0 Å². The molecule has 0 bridgehead atoms. The van der Waals surface area contributed by atoms with Gasteiger partial charge in [-0.2, -0.15) is 13.2 Å². The predicted molar refractivity (Wildman–Crippen MR) is 69.3 cm³/mol. The summed E-state index contributed by atoms with van der Waals surface area (Å²) in [5.74, 6) is -2.76. The highest BCUT2D eigenvalue weighted by Gasteiger charge is 2.43. The Morgan fingerprint density at radius 3 is 2.09 bits per heavy atom. The molecule has 22 heavy (non-hydrogen) atoms. The molecule has 120 valence electrons. The maximum atomic E-state index is 13.5. The number of halogens is 4. The Labute approximate surface area is 124 Å². The van der Waals surface area contributed by atoms with Crippen LogP contribution in [0.1, 0.15) is 5.56 Å². The fraction of sp³-hybridized carbons (Fsp3) is 0.429. The molecular formula is C14H14F4N2O2. The zero-order valence-corrected chi connectivity index (χ0v) is 11.6. The van der Waals surface area contributed by atoms with Gasteiger partial charge in [0, 0.05) is 26.2 Å². The molecule has 0 aliphatic carbocycles. The third-order valence-corrected chi connectivity index (χ3v) is 3.46. The summed E-state index contributed by atoms with van der Waals surface area (Å²) in [5.41, 5.74) is 0.237. The normalized spacial score (nSPS) is 15.8. The van der Waals surface area contributed by atoms with E-state index in [0.717, 1.165) is 0 Å². The van der Waals surface area contributed by atoms with Crippen LogP contribution in [0.5, 0.6) is 0 Å². The highest BCUT2D eigenvalue weighted by Crippen LogP contribution is 2.19. The maximum Gasteiger partial charge on any atom is 0.471 e. The molecule has 0 saturated carbocycles. The van der Waals surface area contributed by atoms with E-state index in [1.807, 2.05) is 0 Å². The lowest BCUT2D eigenvalue weighted by Crippen LogP contribution is -2.53. The largest absolute Gasteiger partial charge is 0.471 e. The van der Waals surface area contributed by atoms with E-state index < -0.39 is 17.9 Å². The van der Waals surface area contributed by atoms with E-state index in [4.69, 9.17) is 0 Å². The van der Waals surface area contributed by atoms with Crippen molar-refractivity contribution in [2.75, 3.05) is 26.2 Å². The Hall–Kier alpha value is -2.12. The van der Waals surface area contributed by atoms with Crippen molar-refractivity contribution in [2.45, 2.75) is 12.6 Å². The number of benzene rings is 1. The van der Waals surface area contributed by atoms with Gasteiger partial charge in [0.05, 0.1) is 6.42 Å². The Morgan fingerprint density at radius 1 is 1.00 bits per heavy atom. The van der Waals surface area contributed by atoms with Gasteiger partial charge in [-0.05, 0) is 11.6 Å². The van der Waals surface area contributed by atoms with Gasteiger partial charge < -0.3 is 9.80 Å². The number of rotatable bonds is 2. The van der Waals surface area contributed by atoms with Crippen molar-refractivity contribution in [1.82, 2.24) is 9.80 Å². The molecule has 0 N–H and O–H groups in total. The van der Waals surface area contributed by atoms with E-state index in [0.29, 0.717) is 4.90 Å². The molecule has 0 radical (unpaired) electrons. The summed E-state index contributed by atoms with van der Waals surface area (Å²) in [5, 5.41) is 0. The molecule has 1 aromatic carbocycles. The monoisotopic (exact) mass is 318 g/mol. The minimum atomic E-state index is -4.90. The lowest BCUT2D eigenvalue weighted by Gasteiger charge is -2.35. The molecule has 1 aromatic rings. The average molecular weight is 318 g/mol. The number of nitrogens with zero attached hydrogens (tertiary/aromatic N) is 2. The van der Waals surface area contributed by atoms with E-state index in [2.05, 4.69) is 0 Å². The van der Waals surface area contributed by atoms with Crippen LogP contribution in [0.4, 0.5) is 17.6 Å². The van der Waals surface area contributed by atoms with Crippen LogP contribution in [0.25, 0.3) is 0 Å². The summed E-state index contributed by atoms with van der Waals surface area (Å²) in [6, 6.07) is 5.83. The van der Waals surface area contributed by atoms with Gasteiger partial charge in [-0.3, -0.25) is 9.59 Å². The zero-order valence-electron chi connectivity index (χ0n) is 11.6. The molecule has 0 unspecified atom stereocenters. The van der Waals surface area contributed by atoms with Gasteiger partial charge in [-0.25, -0.2) is 4.39 Å². The van der Waals surface area contributed by atoms with E-state index >= 15 is 0 Å². The lowest BCUT2D eigenvalue weighted by atomic mass is 10.1. The van der Waals surface area contributed by atoms with E-state index in [1.54, 1.807) is 6.07 Å². The molecule has 2 amide bonds. The highest BCUT2D eigenvalue weighted by molar-refractivity contribution is 5.83. The van der Waals surface area contributed by atoms with Crippen molar-refractivity contribution < 1.29 is 27.2 Å². The first-order valence-corrected chi connectivity index (χ1v) is 6.66. The highest BCUT2D eigenvalue weighted by atomic mass is 19.4. The minimum Gasteiger partial charge on any atom is -0.339 e. The van der Waals surface area contributed by atoms with Gasteiger partial charge in [0.1, 0.15) is 5.82 Å². The quantitative estimate of drug-likeness (QED) is 0.777. The standard InChI is InChI=1S/C14H14F4N2O2/c15-11-4-2-1-3-10(11)9-12(21)19-5-7-20(8-6-19)13(22)14(16,17)18/h1-4H,5-9H2. The van der Waals surface area contributed by atoms with Crippen molar-refractivity contribution in [1.29, 1.82) is 0 Å². The summed E-state index contributed by atoms with van der Waals surface area (Å²) >= 11 is 0. The van der Waals surface area contributed by atoms with Crippen LogP contribution in [0.15, 0.2) is 24.3 Å². The van der Waals surface area contributed by atoms with Crippen LogP contribution in [0.2, 0.25) is 0 Å². The number of carbonyl (C=O) groups excluding carboxylic acids is 2. The third kappa shape index (κ3) is 3.75. The van der Waals surface area contributed by atoms with Crippen molar-refractivity contribution in [3.63, 3.8) is 0 Å². The Bertz CT molecular complexity index is 566. The first-order chi connectivity index (χ1) is 10.3. The van der Waals surface area contributed by atoms with Gasteiger partial charge in [0.15, 0.2) is 0 Å². The second-order valence-corrected chi connectivity index (χ2v) is 4.94. The molecule has 1 aliphatic rings. The van der Waals surface area contributed by atoms with Gasteiger partial charge >= 0.3 is 12.1 Å². The second kappa shape index (κ2) is 6.33. The van der Waals surface area contributed by atoms with E-state index in [1.165, 1.54) is 23.1 Å². The fourth-order valence-electron chi connectivity index (χ4n) is 2.25. The number of carbonyl (C=O) groups is 2. The summed E-state index contributed by atoms with van der Waals surface area (Å²) < 4.78 is 50.4. The first kappa shape index (κ1) is 16.3. The summed E-state index contributed by atoms with van der Waals surface area (Å²) in [6.07, 6.45) is -5.06. The summed E-state index contributed by atoms with van der Waals surface area (Å²) in [4.78, 5) is 25.1. The topological polar surface area (TPSA) is 40.6 Å². The van der Waals surface area contributed by atoms with E-state index in [-0.39, 0.29) is 44.1 Å². The van der Waals surface area contributed by atoms with Gasteiger partial charge in [-0.1, -0.05) is 18.2 Å². The minimum absolute atomic E-state index is 0.00903. The molecule has 1 heterocycles.